The van der Waals surface area contributed by atoms with E-state index < -0.39 is 11.8 Å². The van der Waals surface area contributed by atoms with Gasteiger partial charge in [-0.1, -0.05) is 35.3 Å². The second-order valence-corrected chi connectivity index (χ2v) is 5.21. The van der Waals surface area contributed by atoms with Gasteiger partial charge in [0.25, 0.3) is 11.8 Å². The molecule has 4 nitrogen and oxygen atoms in total. The molecule has 0 fully saturated rings. The number of hydrogen-bond donors (Lipinski definition) is 2. The molecule has 2 amide bonds. The van der Waals surface area contributed by atoms with Gasteiger partial charge in [-0.05, 0) is 48.0 Å². The molecule has 0 bridgehead atoms. The van der Waals surface area contributed by atoms with Gasteiger partial charge < -0.3 is 0 Å². The van der Waals surface area contributed by atoms with Gasteiger partial charge in [-0.2, -0.15) is 0 Å². The molecule has 2 aromatic rings. The molecule has 112 valence electrons. The Balaban J connectivity index is 1.86. The summed E-state index contributed by atoms with van der Waals surface area (Å²) in [5, 5.41) is 1.16. The maximum atomic E-state index is 11.8. The van der Waals surface area contributed by atoms with E-state index in [0.29, 0.717) is 15.6 Å². The first-order valence-electron chi connectivity index (χ1n) is 6.34. The molecular formula is C16H12Cl2N2O2. The van der Waals surface area contributed by atoms with Crippen LogP contribution in [0.1, 0.15) is 15.9 Å². The minimum absolute atomic E-state index is 0.395. The number of benzene rings is 2. The van der Waals surface area contributed by atoms with E-state index in [0.717, 1.165) is 5.56 Å². The van der Waals surface area contributed by atoms with Crippen molar-refractivity contribution in [3.63, 3.8) is 0 Å². The lowest BCUT2D eigenvalue weighted by Crippen LogP contribution is -2.40. The van der Waals surface area contributed by atoms with Crippen molar-refractivity contribution in [1.82, 2.24) is 10.9 Å². The van der Waals surface area contributed by atoms with Crippen LogP contribution in [0, 0.1) is 0 Å². The van der Waals surface area contributed by atoms with Gasteiger partial charge in [-0.25, -0.2) is 0 Å². The molecule has 2 N–H and O–H groups in total. The molecule has 0 unspecified atom stereocenters. The number of amides is 2. The van der Waals surface area contributed by atoms with Gasteiger partial charge >= 0.3 is 0 Å². The summed E-state index contributed by atoms with van der Waals surface area (Å²) in [6, 6.07) is 13.3. The zero-order valence-electron chi connectivity index (χ0n) is 11.3. The Morgan fingerprint density at radius 2 is 1.36 bits per heavy atom. The summed E-state index contributed by atoms with van der Waals surface area (Å²) in [4.78, 5) is 23.4. The standard InChI is InChI=1S/C16H12Cl2N2O2/c17-13-6-1-11(2-7-13)3-10-15(21)19-20-16(22)12-4-8-14(18)9-5-12/h1-10H,(H,19,21)(H,20,22). The molecule has 0 radical (unpaired) electrons. The van der Waals surface area contributed by atoms with E-state index in [1.165, 1.54) is 6.08 Å². The summed E-state index contributed by atoms with van der Waals surface area (Å²) >= 11 is 11.5. The van der Waals surface area contributed by atoms with Crippen molar-refractivity contribution in [2.24, 2.45) is 0 Å². The quantitative estimate of drug-likeness (QED) is 0.667. The molecular weight excluding hydrogens is 323 g/mol. The van der Waals surface area contributed by atoms with E-state index in [2.05, 4.69) is 10.9 Å². The van der Waals surface area contributed by atoms with Crippen molar-refractivity contribution in [1.29, 1.82) is 0 Å². The van der Waals surface area contributed by atoms with Crippen LogP contribution in [0.15, 0.2) is 54.6 Å². The van der Waals surface area contributed by atoms with Crippen LogP contribution in [-0.4, -0.2) is 11.8 Å². The van der Waals surface area contributed by atoms with E-state index in [9.17, 15) is 9.59 Å². The zero-order valence-corrected chi connectivity index (χ0v) is 12.9. The van der Waals surface area contributed by atoms with Crippen LogP contribution in [0.3, 0.4) is 0 Å². The average Bonchev–Trinajstić information content (AvgIpc) is 2.52. The molecule has 0 aromatic heterocycles. The molecule has 0 aliphatic rings. The second kappa shape index (κ2) is 7.64. The first-order chi connectivity index (χ1) is 10.5. The molecule has 0 aliphatic heterocycles. The summed E-state index contributed by atoms with van der Waals surface area (Å²) in [6.07, 6.45) is 2.92. The zero-order chi connectivity index (χ0) is 15.9. The summed E-state index contributed by atoms with van der Waals surface area (Å²) in [6.45, 7) is 0. The van der Waals surface area contributed by atoms with Crippen LogP contribution in [0.25, 0.3) is 6.08 Å². The number of hydrogen-bond acceptors (Lipinski definition) is 2. The van der Waals surface area contributed by atoms with Crippen molar-refractivity contribution in [2.75, 3.05) is 0 Å². The lowest BCUT2D eigenvalue weighted by molar-refractivity contribution is -0.117. The van der Waals surface area contributed by atoms with Crippen LogP contribution in [0.5, 0.6) is 0 Å². The molecule has 0 saturated heterocycles. The number of rotatable bonds is 3. The number of nitrogens with one attached hydrogen (secondary N) is 2. The lowest BCUT2D eigenvalue weighted by Gasteiger charge is -2.05. The van der Waals surface area contributed by atoms with Gasteiger partial charge in [0.1, 0.15) is 0 Å². The largest absolute Gasteiger partial charge is 0.269 e. The highest BCUT2D eigenvalue weighted by molar-refractivity contribution is 6.30. The second-order valence-electron chi connectivity index (χ2n) is 4.34. The smallest absolute Gasteiger partial charge is 0.268 e. The Labute approximate surface area is 137 Å². The van der Waals surface area contributed by atoms with Crippen molar-refractivity contribution < 1.29 is 9.59 Å². The topological polar surface area (TPSA) is 58.2 Å². The number of hydrazine groups is 1. The van der Waals surface area contributed by atoms with Crippen LogP contribution >= 0.6 is 23.2 Å². The fourth-order valence-corrected chi connectivity index (χ4v) is 1.83. The summed E-state index contributed by atoms with van der Waals surface area (Å²) < 4.78 is 0. The van der Waals surface area contributed by atoms with Crippen molar-refractivity contribution >= 4 is 41.1 Å². The summed E-state index contributed by atoms with van der Waals surface area (Å²) in [5.41, 5.74) is 5.82. The predicted molar refractivity (Wildman–Crippen MR) is 87.5 cm³/mol. The van der Waals surface area contributed by atoms with Crippen LogP contribution < -0.4 is 10.9 Å². The van der Waals surface area contributed by atoms with E-state index in [4.69, 9.17) is 23.2 Å². The van der Waals surface area contributed by atoms with Gasteiger partial charge in [-0.15, -0.1) is 0 Å². The minimum atomic E-state index is -0.447. The first kappa shape index (κ1) is 16.1. The van der Waals surface area contributed by atoms with Gasteiger partial charge in [0.15, 0.2) is 0 Å². The van der Waals surface area contributed by atoms with Gasteiger partial charge in [0.05, 0.1) is 0 Å². The van der Waals surface area contributed by atoms with E-state index in [1.807, 2.05) is 0 Å². The molecule has 0 saturated carbocycles. The van der Waals surface area contributed by atoms with Gasteiger partial charge in [0, 0.05) is 21.7 Å². The van der Waals surface area contributed by atoms with Gasteiger partial charge in [0.2, 0.25) is 0 Å². The molecule has 0 atom stereocenters. The van der Waals surface area contributed by atoms with E-state index in [-0.39, 0.29) is 0 Å². The van der Waals surface area contributed by atoms with Gasteiger partial charge in [-0.3, -0.25) is 20.4 Å². The third-order valence-electron chi connectivity index (χ3n) is 2.70. The molecule has 0 heterocycles. The Bertz CT molecular complexity index is 695. The van der Waals surface area contributed by atoms with E-state index in [1.54, 1.807) is 54.6 Å². The minimum Gasteiger partial charge on any atom is -0.268 e. The highest BCUT2D eigenvalue weighted by Crippen LogP contribution is 2.10. The highest BCUT2D eigenvalue weighted by atomic mass is 35.5. The lowest BCUT2D eigenvalue weighted by atomic mass is 10.2. The SMILES string of the molecule is O=C(C=Cc1ccc(Cl)cc1)NNC(=O)c1ccc(Cl)cc1. The van der Waals surface area contributed by atoms with Crippen molar-refractivity contribution in [3.8, 4) is 0 Å². The number of carbonyl (C=O) groups is 2. The highest BCUT2D eigenvalue weighted by Gasteiger charge is 2.05. The van der Waals surface area contributed by atoms with Crippen molar-refractivity contribution in [2.45, 2.75) is 0 Å². The molecule has 6 heteroatoms. The molecule has 22 heavy (non-hydrogen) atoms. The normalized spacial score (nSPS) is 10.5. The van der Waals surface area contributed by atoms with Crippen LogP contribution in [0.2, 0.25) is 10.0 Å². The first-order valence-corrected chi connectivity index (χ1v) is 7.10. The molecule has 0 aliphatic carbocycles. The fraction of sp³-hybridized carbons (Fsp3) is 0. The van der Waals surface area contributed by atoms with E-state index >= 15 is 0 Å². The molecule has 2 rings (SSSR count). The number of halogens is 2. The Kier molecular flexibility index (Phi) is 5.58. The maximum absolute atomic E-state index is 11.8. The van der Waals surface area contributed by atoms with Crippen LogP contribution in [0.4, 0.5) is 0 Å². The predicted octanol–water partition coefficient (Wildman–Crippen LogP) is 3.47. The number of carbonyl (C=O) groups excluding carboxylic acids is 2. The average molecular weight is 335 g/mol. The maximum Gasteiger partial charge on any atom is 0.269 e. The fourth-order valence-electron chi connectivity index (χ4n) is 1.58. The van der Waals surface area contributed by atoms with Crippen molar-refractivity contribution in [3.05, 3.63) is 75.8 Å². The summed E-state index contributed by atoms with van der Waals surface area (Å²) in [7, 11) is 0. The monoisotopic (exact) mass is 334 g/mol. The third kappa shape index (κ3) is 4.91. The Hall–Kier alpha value is -2.30. The molecule has 2 aromatic carbocycles. The van der Waals surface area contributed by atoms with Crippen LogP contribution in [-0.2, 0) is 4.79 Å². The Morgan fingerprint density at radius 1 is 0.818 bits per heavy atom. The Morgan fingerprint density at radius 3 is 1.95 bits per heavy atom. The molecule has 0 spiro atoms. The summed E-state index contributed by atoms with van der Waals surface area (Å²) in [5.74, 6) is -0.873. The third-order valence-corrected chi connectivity index (χ3v) is 3.21.